The van der Waals surface area contributed by atoms with Gasteiger partial charge in [-0.1, -0.05) is 29.5 Å². The molecule has 2 aliphatic heterocycles. The molecule has 0 aliphatic carbocycles. The molecule has 3 heterocycles. The van der Waals surface area contributed by atoms with Gasteiger partial charge in [0, 0.05) is 30.0 Å². The third kappa shape index (κ3) is 1.99. The van der Waals surface area contributed by atoms with Crippen molar-refractivity contribution in [1.82, 2.24) is 10.3 Å². The van der Waals surface area contributed by atoms with Gasteiger partial charge in [0.25, 0.3) is 5.91 Å². The Hall–Kier alpha value is -2.05. The number of nitrogens with zero attached hydrogens (tertiary/aromatic N) is 2. The number of imide groups is 1. The van der Waals surface area contributed by atoms with Gasteiger partial charge in [0.05, 0.1) is 12.1 Å². The van der Waals surface area contributed by atoms with Gasteiger partial charge in [-0.15, -0.1) is 0 Å². The van der Waals surface area contributed by atoms with Crippen molar-refractivity contribution in [3.05, 3.63) is 46.0 Å². The van der Waals surface area contributed by atoms with Crippen molar-refractivity contribution in [3.63, 3.8) is 0 Å². The largest absolute Gasteiger partial charge is 0.311 e. The van der Waals surface area contributed by atoms with Crippen molar-refractivity contribution in [2.75, 3.05) is 11.4 Å². The summed E-state index contributed by atoms with van der Waals surface area (Å²) < 4.78 is 0. The average molecular weight is 299 g/mol. The number of nitrogens with one attached hydrogen (secondary N) is 1. The number of amides is 2. The Balaban J connectivity index is 1.77. The van der Waals surface area contributed by atoms with Crippen LogP contribution >= 0.6 is 11.3 Å². The normalized spacial score (nSPS) is 17.6. The summed E-state index contributed by atoms with van der Waals surface area (Å²) in [6.07, 6.45) is 1.10. The molecule has 106 valence electrons. The molecule has 0 fully saturated rings. The zero-order chi connectivity index (χ0) is 14.4. The van der Waals surface area contributed by atoms with Gasteiger partial charge in [-0.05, 0) is 11.6 Å². The van der Waals surface area contributed by atoms with Crippen molar-refractivity contribution in [1.29, 1.82) is 0 Å². The van der Waals surface area contributed by atoms with Crippen LogP contribution in [-0.2, 0) is 24.2 Å². The van der Waals surface area contributed by atoms with E-state index in [0.717, 1.165) is 35.6 Å². The first kappa shape index (κ1) is 12.7. The predicted molar refractivity (Wildman–Crippen MR) is 79.5 cm³/mol. The van der Waals surface area contributed by atoms with Gasteiger partial charge >= 0.3 is 0 Å². The molecule has 0 unspecified atom stereocenters. The van der Waals surface area contributed by atoms with Crippen LogP contribution in [0.3, 0.4) is 0 Å². The van der Waals surface area contributed by atoms with E-state index in [1.165, 1.54) is 16.2 Å². The second-order valence-corrected chi connectivity index (χ2v) is 6.22. The molecule has 0 saturated carbocycles. The van der Waals surface area contributed by atoms with E-state index in [1.807, 2.05) is 18.2 Å². The standard InChI is InChI=1S/C15H13N3O2S/c19-13-7-9-3-1-2-4-10(9)14(20)18(13)15-17-11-5-6-16-8-12(11)21-15/h1-4,16H,5-8H2. The minimum Gasteiger partial charge on any atom is -0.311 e. The molecule has 4 rings (SSSR count). The van der Waals surface area contributed by atoms with E-state index in [1.54, 1.807) is 6.07 Å². The van der Waals surface area contributed by atoms with Gasteiger partial charge in [0.2, 0.25) is 5.91 Å². The van der Waals surface area contributed by atoms with Crippen LogP contribution < -0.4 is 10.2 Å². The van der Waals surface area contributed by atoms with E-state index in [9.17, 15) is 9.59 Å². The summed E-state index contributed by atoms with van der Waals surface area (Å²) in [5.74, 6) is -0.460. The number of carbonyl (C=O) groups excluding carboxylic acids is 2. The number of fused-ring (bicyclic) bond motifs is 2. The monoisotopic (exact) mass is 299 g/mol. The molecule has 0 spiro atoms. The quantitative estimate of drug-likeness (QED) is 0.811. The minimum absolute atomic E-state index is 0.197. The van der Waals surface area contributed by atoms with Gasteiger partial charge in [-0.2, -0.15) is 0 Å². The number of thiazole rings is 1. The van der Waals surface area contributed by atoms with Crippen LogP contribution in [0.5, 0.6) is 0 Å². The Morgan fingerprint density at radius 3 is 2.95 bits per heavy atom. The Morgan fingerprint density at radius 2 is 2.10 bits per heavy atom. The lowest BCUT2D eigenvalue weighted by Crippen LogP contribution is -2.42. The summed E-state index contributed by atoms with van der Waals surface area (Å²) in [6, 6.07) is 7.27. The molecule has 6 heteroatoms. The fraction of sp³-hybridized carbons (Fsp3) is 0.267. The van der Waals surface area contributed by atoms with Gasteiger partial charge < -0.3 is 5.32 Å². The molecule has 0 atom stereocenters. The molecule has 1 N–H and O–H groups in total. The van der Waals surface area contributed by atoms with E-state index in [4.69, 9.17) is 0 Å². The van der Waals surface area contributed by atoms with E-state index in [-0.39, 0.29) is 18.2 Å². The number of aromatic nitrogens is 1. The van der Waals surface area contributed by atoms with E-state index in [2.05, 4.69) is 10.3 Å². The number of carbonyl (C=O) groups is 2. The van der Waals surface area contributed by atoms with Gasteiger partial charge in [-0.25, -0.2) is 9.88 Å². The van der Waals surface area contributed by atoms with Crippen molar-refractivity contribution in [3.8, 4) is 0 Å². The van der Waals surface area contributed by atoms with Crippen LogP contribution in [-0.4, -0.2) is 23.3 Å². The van der Waals surface area contributed by atoms with Crippen molar-refractivity contribution >= 4 is 28.3 Å². The molecule has 21 heavy (non-hydrogen) atoms. The Bertz CT molecular complexity index is 730. The molecular weight excluding hydrogens is 286 g/mol. The molecular formula is C15H13N3O2S. The minimum atomic E-state index is -0.263. The average Bonchev–Trinajstić information content (AvgIpc) is 2.90. The number of hydrogen-bond donors (Lipinski definition) is 1. The van der Waals surface area contributed by atoms with Crippen molar-refractivity contribution < 1.29 is 9.59 Å². The number of hydrogen-bond acceptors (Lipinski definition) is 5. The predicted octanol–water partition coefficient (Wildman–Crippen LogP) is 1.52. The number of benzene rings is 1. The second kappa shape index (κ2) is 4.75. The summed E-state index contributed by atoms with van der Waals surface area (Å²) in [4.78, 5) is 31.8. The lowest BCUT2D eigenvalue weighted by molar-refractivity contribution is -0.117. The Labute approximate surface area is 125 Å². The molecule has 0 saturated heterocycles. The van der Waals surface area contributed by atoms with E-state index in [0.29, 0.717) is 10.7 Å². The molecule has 2 amide bonds. The highest BCUT2D eigenvalue weighted by Crippen LogP contribution is 2.32. The molecule has 2 aliphatic rings. The molecule has 5 nitrogen and oxygen atoms in total. The van der Waals surface area contributed by atoms with Gasteiger partial charge in [0.1, 0.15) is 0 Å². The first-order chi connectivity index (χ1) is 10.2. The summed E-state index contributed by atoms with van der Waals surface area (Å²) in [6.45, 7) is 1.65. The summed E-state index contributed by atoms with van der Waals surface area (Å²) >= 11 is 1.43. The molecule has 0 bridgehead atoms. The molecule has 2 aromatic rings. The van der Waals surface area contributed by atoms with Gasteiger partial charge in [-0.3, -0.25) is 9.59 Å². The van der Waals surface area contributed by atoms with Crippen LogP contribution in [0.25, 0.3) is 0 Å². The van der Waals surface area contributed by atoms with Gasteiger partial charge in [0.15, 0.2) is 5.13 Å². The van der Waals surface area contributed by atoms with Crippen LogP contribution in [0.15, 0.2) is 24.3 Å². The topological polar surface area (TPSA) is 62.3 Å². The maximum Gasteiger partial charge on any atom is 0.267 e. The lowest BCUT2D eigenvalue weighted by Gasteiger charge is -2.24. The fourth-order valence-electron chi connectivity index (χ4n) is 2.76. The summed E-state index contributed by atoms with van der Waals surface area (Å²) in [7, 11) is 0. The second-order valence-electron chi connectivity index (χ2n) is 5.16. The van der Waals surface area contributed by atoms with Crippen LogP contribution in [0, 0.1) is 0 Å². The van der Waals surface area contributed by atoms with E-state index >= 15 is 0 Å². The maximum atomic E-state index is 12.6. The number of rotatable bonds is 1. The summed E-state index contributed by atoms with van der Waals surface area (Å²) in [5, 5.41) is 3.78. The molecule has 0 radical (unpaired) electrons. The third-order valence-corrected chi connectivity index (χ3v) is 4.91. The van der Waals surface area contributed by atoms with Crippen LogP contribution in [0.1, 0.15) is 26.5 Å². The zero-order valence-corrected chi connectivity index (χ0v) is 12.1. The summed E-state index contributed by atoms with van der Waals surface area (Å²) in [5.41, 5.74) is 2.41. The molecule has 1 aromatic carbocycles. The zero-order valence-electron chi connectivity index (χ0n) is 11.3. The van der Waals surface area contributed by atoms with Crippen molar-refractivity contribution in [2.24, 2.45) is 0 Å². The highest BCUT2D eigenvalue weighted by molar-refractivity contribution is 7.16. The SMILES string of the molecule is O=C1Cc2ccccc2C(=O)N1c1nc2c(s1)CNCC2. The van der Waals surface area contributed by atoms with Crippen LogP contribution in [0.2, 0.25) is 0 Å². The number of anilines is 1. The highest BCUT2D eigenvalue weighted by atomic mass is 32.1. The third-order valence-electron chi connectivity index (χ3n) is 3.82. The van der Waals surface area contributed by atoms with E-state index < -0.39 is 0 Å². The maximum absolute atomic E-state index is 12.6. The highest BCUT2D eigenvalue weighted by Gasteiger charge is 2.34. The smallest absolute Gasteiger partial charge is 0.267 e. The Morgan fingerprint density at radius 1 is 1.24 bits per heavy atom. The first-order valence-electron chi connectivity index (χ1n) is 6.88. The van der Waals surface area contributed by atoms with Crippen LogP contribution in [0.4, 0.5) is 5.13 Å². The Kier molecular flexibility index (Phi) is 2.87. The molecule has 1 aromatic heterocycles. The fourth-order valence-corrected chi connectivity index (χ4v) is 3.85. The lowest BCUT2D eigenvalue weighted by atomic mass is 9.99. The van der Waals surface area contributed by atoms with Crippen molar-refractivity contribution in [2.45, 2.75) is 19.4 Å². The first-order valence-corrected chi connectivity index (χ1v) is 7.70.